The third-order valence-electron chi connectivity index (χ3n) is 3.61. The summed E-state index contributed by atoms with van der Waals surface area (Å²) < 4.78 is 0. The van der Waals surface area contributed by atoms with Gasteiger partial charge in [-0.1, -0.05) is 49.1 Å². The van der Waals surface area contributed by atoms with E-state index in [2.05, 4.69) is 49.2 Å². The van der Waals surface area contributed by atoms with Gasteiger partial charge in [-0.3, -0.25) is 0 Å². The summed E-state index contributed by atoms with van der Waals surface area (Å²) in [6.07, 6.45) is -0.362. The van der Waals surface area contributed by atoms with Gasteiger partial charge in [-0.15, -0.1) is 0 Å². The molecule has 0 aliphatic rings. The molecule has 0 aliphatic carbocycles. The van der Waals surface area contributed by atoms with E-state index < -0.39 is 8.07 Å². The zero-order valence-electron chi connectivity index (χ0n) is 12.5. The molecule has 1 rings (SSSR count). The van der Waals surface area contributed by atoms with E-state index in [1.165, 1.54) is 10.8 Å². The van der Waals surface area contributed by atoms with Crippen molar-refractivity contribution < 1.29 is 5.11 Å². The molecule has 0 bridgehead atoms. The molecule has 102 valence electrons. The summed E-state index contributed by atoms with van der Waals surface area (Å²) in [4.78, 5) is 0. The molecule has 3 heteroatoms. The summed E-state index contributed by atoms with van der Waals surface area (Å²) >= 11 is 0. The molecule has 0 radical (unpaired) electrons. The molecule has 0 spiro atoms. The van der Waals surface area contributed by atoms with Crippen molar-refractivity contribution in [2.75, 3.05) is 0 Å². The topological polar surface area (TPSA) is 32.3 Å². The maximum absolute atomic E-state index is 9.65. The normalized spacial score (nSPS) is 14.6. The highest BCUT2D eigenvalue weighted by atomic mass is 28.3. The van der Waals surface area contributed by atoms with E-state index in [9.17, 15) is 5.11 Å². The number of hydrogen-bond acceptors (Lipinski definition) is 2. The monoisotopic (exact) mass is 265 g/mol. The van der Waals surface area contributed by atoms with Crippen LogP contribution in [0.5, 0.6) is 0 Å². The van der Waals surface area contributed by atoms with Crippen molar-refractivity contribution in [3.8, 4) is 0 Å². The van der Waals surface area contributed by atoms with Crippen LogP contribution in [0.15, 0.2) is 24.3 Å². The Bertz CT molecular complexity index is 376. The minimum atomic E-state index is -1.19. The third kappa shape index (κ3) is 4.23. The van der Waals surface area contributed by atoms with Crippen LogP contribution in [0.2, 0.25) is 19.6 Å². The SMILES string of the molecule is CC(O)C(C)(C)NCc1ccc([Si](C)(C)C)cc1. The van der Waals surface area contributed by atoms with Gasteiger partial charge < -0.3 is 10.4 Å². The maximum atomic E-state index is 9.65. The fourth-order valence-corrected chi connectivity index (χ4v) is 2.77. The summed E-state index contributed by atoms with van der Waals surface area (Å²) in [5.74, 6) is 0. The molecule has 2 nitrogen and oxygen atoms in total. The van der Waals surface area contributed by atoms with Gasteiger partial charge in [-0.2, -0.15) is 0 Å². The Kier molecular flexibility index (Phi) is 4.76. The fourth-order valence-electron chi connectivity index (χ4n) is 1.60. The molecule has 0 aromatic heterocycles. The van der Waals surface area contributed by atoms with Crippen LogP contribution in [-0.2, 0) is 6.54 Å². The lowest BCUT2D eigenvalue weighted by atomic mass is 9.98. The zero-order chi connectivity index (χ0) is 14.0. The van der Waals surface area contributed by atoms with Gasteiger partial charge >= 0.3 is 0 Å². The van der Waals surface area contributed by atoms with Crippen molar-refractivity contribution in [1.82, 2.24) is 5.32 Å². The minimum absolute atomic E-state index is 0.253. The molecule has 1 aromatic rings. The number of hydrogen-bond donors (Lipinski definition) is 2. The van der Waals surface area contributed by atoms with E-state index in [4.69, 9.17) is 0 Å². The number of rotatable bonds is 5. The highest BCUT2D eigenvalue weighted by Gasteiger charge is 2.23. The van der Waals surface area contributed by atoms with E-state index in [0.29, 0.717) is 0 Å². The van der Waals surface area contributed by atoms with Gasteiger partial charge in [0.1, 0.15) is 0 Å². The predicted octanol–water partition coefficient (Wildman–Crippen LogP) is 2.48. The van der Waals surface area contributed by atoms with Crippen molar-refractivity contribution in [2.45, 2.75) is 58.6 Å². The lowest BCUT2D eigenvalue weighted by Crippen LogP contribution is -2.47. The van der Waals surface area contributed by atoms with Crippen LogP contribution in [0.1, 0.15) is 26.3 Å². The van der Waals surface area contributed by atoms with Crippen molar-refractivity contribution in [1.29, 1.82) is 0 Å². The van der Waals surface area contributed by atoms with Gasteiger partial charge in [-0.05, 0) is 26.3 Å². The molecule has 0 amide bonds. The van der Waals surface area contributed by atoms with Crippen LogP contribution in [-0.4, -0.2) is 24.8 Å². The molecule has 0 aliphatic heterocycles. The Morgan fingerprint density at radius 2 is 1.67 bits per heavy atom. The molecule has 0 fully saturated rings. The quantitative estimate of drug-likeness (QED) is 0.802. The van der Waals surface area contributed by atoms with Gasteiger partial charge in [-0.25, -0.2) is 0 Å². The highest BCUT2D eigenvalue weighted by molar-refractivity contribution is 6.88. The summed E-state index contributed by atoms with van der Waals surface area (Å²) in [6.45, 7) is 13.7. The number of nitrogens with one attached hydrogen (secondary N) is 1. The molecule has 0 saturated carbocycles. The molecule has 1 atom stereocenters. The van der Waals surface area contributed by atoms with Crippen molar-refractivity contribution in [2.24, 2.45) is 0 Å². The molecule has 2 N–H and O–H groups in total. The van der Waals surface area contributed by atoms with Gasteiger partial charge in [0.05, 0.1) is 14.2 Å². The molecule has 18 heavy (non-hydrogen) atoms. The fraction of sp³-hybridized carbons (Fsp3) is 0.600. The van der Waals surface area contributed by atoms with Gasteiger partial charge in [0.25, 0.3) is 0 Å². The van der Waals surface area contributed by atoms with E-state index in [1.54, 1.807) is 0 Å². The zero-order valence-corrected chi connectivity index (χ0v) is 13.5. The average molecular weight is 265 g/mol. The van der Waals surface area contributed by atoms with E-state index in [1.807, 2.05) is 20.8 Å². The summed E-state index contributed by atoms with van der Waals surface area (Å²) in [6, 6.07) is 8.88. The van der Waals surface area contributed by atoms with Crippen LogP contribution in [0.25, 0.3) is 0 Å². The standard InChI is InChI=1S/C15H27NOSi/c1-12(17)15(2,3)16-11-13-7-9-14(10-8-13)18(4,5)6/h7-10,12,16-17H,11H2,1-6H3. The van der Waals surface area contributed by atoms with E-state index in [0.717, 1.165) is 6.54 Å². The largest absolute Gasteiger partial charge is 0.392 e. The molecule has 1 aromatic carbocycles. The molecular formula is C15H27NOSi. The lowest BCUT2D eigenvalue weighted by molar-refractivity contribution is 0.0956. The second kappa shape index (κ2) is 5.55. The lowest BCUT2D eigenvalue weighted by Gasteiger charge is -2.29. The van der Waals surface area contributed by atoms with Crippen molar-refractivity contribution in [3.05, 3.63) is 29.8 Å². The Labute approximate surface area is 112 Å². The Balaban J connectivity index is 2.65. The van der Waals surface area contributed by atoms with Crippen LogP contribution in [0, 0.1) is 0 Å². The third-order valence-corrected chi connectivity index (χ3v) is 5.68. The first kappa shape index (κ1) is 15.4. The molecular weight excluding hydrogens is 238 g/mol. The molecule has 0 saturated heterocycles. The predicted molar refractivity (Wildman–Crippen MR) is 82.0 cm³/mol. The molecule has 0 heterocycles. The van der Waals surface area contributed by atoms with Gasteiger partial charge in [0, 0.05) is 12.1 Å². The van der Waals surface area contributed by atoms with Crippen LogP contribution >= 0.6 is 0 Å². The van der Waals surface area contributed by atoms with Crippen LogP contribution in [0.4, 0.5) is 0 Å². The summed E-state index contributed by atoms with van der Waals surface area (Å²) in [5.41, 5.74) is 1.02. The molecule has 1 unspecified atom stereocenters. The average Bonchev–Trinajstić information content (AvgIpc) is 2.25. The van der Waals surface area contributed by atoms with E-state index >= 15 is 0 Å². The number of aliphatic hydroxyl groups excluding tert-OH is 1. The first-order chi connectivity index (χ1) is 8.13. The Hall–Kier alpha value is -0.643. The number of aliphatic hydroxyl groups is 1. The van der Waals surface area contributed by atoms with Gasteiger partial charge in [0.2, 0.25) is 0 Å². The first-order valence-electron chi connectivity index (χ1n) is 6.65. The second-order valence-corrected chi connectivity index (χ2v) is 11.8. The second-order valence-electron chi connectivity index (χ2n) is 6.70. The summed E-state index contributed by atoms with van der Waals surface area (Å²) in [7, 11) is -1.19. The minimum Gasteiger partial charge on any atom is -0.392 e. The Morgan fingerprint density at radius 3 is 2.06 bits per heavy atom. The first-order valence-corrected chi connectivity index (χ1v) is 10.2. The van der Waals surface area contributed by atoms with Gasteiger partial charge in [0.15, 0.2) is 0 Å². The summed E-state index contributed by atoms with van der Waals surface area (Å²) in [5, 5.41) is 14.5. The van der Waals surface area contributed by atoms with E-state index in [-0.39, 0.29) is 11.6 Å². The maximum Gasteiger partial charge on any atom is 0.0775 e. The highest BCUT2D eigenvalue weighted by Crippen LogP contribution is 2.10. The van der Waals surface area contributed by atoms with Crippen molar-refractivity contribution in [3.63, 3.8) is 0 Å². The smallest absolute Gasteiger partial charge is 0.0775 e. The Morgan fingerprint density at radius 1 is 1.17 bits per heavy atom. The number of benzene rings is 1. The van der Waals surface area contributed by atoms with Crippen molar-refractivity contribution >= 4 is 13.3 Å². The van der Waals surface area contributed by atoms with Crippen LogP contribution < -0.4 is 10.5 Å². The van der Waals surface area contributed by atoms with Crippen LogP contribution in [0.3, 0.4) is 0 Å².